The fraction of sp³-hybridized carbons (Fsp3) is 0.0625. The molecule has 0 amide bonds. The number of carbonyl (C=O) groups is 1. The molecular weight excluding hydrogens is 545 g/mol. The molecule has 0 saturated heterocycles. The molecule has 208 valence electrons. The number of nitrogens with zero attached hydrogens (tertiary/aromatic N) is 4. The maximum absolute atomic E-state index is 13.6. The number of hydrogen-bond acceptors (Lipinski definition) is 4. The Morgan fingerprint density at radius 1 is 0.905 bits per heavy atom. The van der Waals surface area contributed by atoms with Crippen LogP contribution in [0.3, 0.4) is 0 Å². The number of rotatable bonds is 6. The van der Waals surface area contributed by atoms with Gasteiger partial charge in [-0.15, -0.1) is 0 Å². The first-order valence-electron chi connectivity index (χ1n) is 12.8. The van der Waals surface area contributed by atoms with E-state index in [2.05, 4.69) is 10.1 Å². The molecule has 4 aromatic carbocycles. The lowest BCUT2D eigenvalue weighted by atomic mass is 10.1. The molecule has 6 rings (SSSR count). The third-order valence-electron chi connectivity index (χ3n) is 6.86. The summed E-state index contributed by atoms with van der Waals surface area (Å²) < 4.78 is 43.5. The molecule has 0 atom stereocenters. The van der Waals surface area contributed by atoms with Gasteiger partial charge in [-0.2, -0.15) is 22.9 Å². The monoisotopic (exact) mass is 566 g/mol. The van der Waals surface area contributed by atoms with E-state index in [1.807, 2.05) is 41.1 Å². The molecule has 0 bridgehead atoms. The largest absolute Gasteiger partial charge is 0.478 e. The minimum absolute atomic E-state index is 0.0322. The predicted molar refractivity (Wildman–Crippen MR) is 154 cm³/mol. The molecule has 0 radical (unpaired) electrons. The normalized spacial score (nSPS) is 12.0. The first kappa shape index (κ1) is 26.7. The van der Waals surface area contributed by atoms with Gasteiger partial charge in [0, 0.05) is 34.8 Å². The van der Waals surface area contributed by atoms with Crippen LogP contribution in [0, 0.1) is 0 Å². The zero-order valence-electron chi connectivity index (χ0n) is 21.8. The van der Waals surface area contributed by atoms with E-state index in [4.69, 9.17) is 0 Å². The summed E-state index contributed by atoms with van der Waals surface area (Å²) in [7, 11) is 0. The molecule has 2 aromatic heterocycles. The molecule has 0 spiro atoms. The van der Waals surface area contributed by atoms with Gasteiger partial charge in [0.25, 0.3) is 5.56 Å². The quantitative estimate of drug-likeness (QED) is 0.228. The number of carboxylic acids is 1. The minimum Gasteiger partial charge on any atom is -0.478 e. The van der Waals surface area contributed by atoms with Crippen molar-refractivity contribution in [2.75, 3.05) is 0 Å². The fourth-order valence-corrected chi connectivity index (χ4v) is 4.88. The van der Waals surface area contributed by atoms with E-state index < -0.39 is 23.3 Å². The Kier molecular flexibility index (Phi) is 6.66. The summed E-state index contributed by atoms with van der Waals surface area (Å²) in [6.45, 7) is 0.377. The Morgan fingerprint density at radius 2 is 1.64 bits per heavy atom. The molecule has 0 unspecified atom stereocenters. The van der Waals surface area contributed by atoms with Crippen molar-refractivity contribution in [1.82, 2.24) is 14.2 Å². The summed E-state index contributed by atoms with van der Waals surface area (Å²) >= 11 is 0. The van der Waals surface area contributed by atoms with Gasteiger partial charge in [0.1, 0.15) is 0 Å². The Hall–Kier alpha value is -5.51. The number of para-hydroxylation sites is 2. The molecular formula is C32H21F3N4O3. The van der Waals surface area contributed by atoms with Crippen molar-refractivity contribution in [1.29, 1.82) is 0 Å². The maximum Gasteiger partial charge on any atom is 0.416 e. The summed E-state index contributed by atoms with van der Waals surface area (Å²) in [6, 6.07) is 25.4. The van der Waals surface area contributed by atoms with E-state index in [0.29, 0.717) is 17.6 Å². The molecule has 10 heteroatoms. The lowest BCUT2D eigenvalue weighted by Gasteiger charge is -2.12. The zero-order chi connectivity index (χ0) is 29.4. The average molecular weight is 567 g/mol. The van der Waals surface area contributed by atoms with E-state index in [9.17, 15) is 27.9 Å². The lowest BCUT2D eigenvalue weighted by Crippen LogP contribution is -2.20. The highest BCUT2D eigenvalue weighted by Gasteiger charge is 2.31. The number of benzene rings is 4. The number of fused-ring (bicyclic) bond motifs is 2. The molecule has 0 aliphatic carbocycles. The van der Waals surface area contributed by atoms with E-state index in [-0.39, 0.29) is 22.3 Å². The van der Waals surface area contributed by atoms with Gasteiger partial charge in [-0.05, 0) is 48.0 Å². The van der Waals surface area contributed by atoms with Crippen molar-refractivity contribution >= 4 is 34.0 Å². The van der Waals surface area contributed by atoms with Gasteiger partial charge >= 0.3 is 12.1 Å². The Morgan fingerprint density at radius 3 is 2.43 bits per heavy atom. The van der Waals surface area contributed by atoms with Gasteiger partial charge in [0.2, 0.25) is 0 Å². The smallest absolute Gasteiger partial charge is 0.416 e. The summed E-state index contributed by atoms with van der Waals surface area (Å²) in [5, 5.41) is 14.9. The van der Waals surface area contributed by atoms with Crippen LogP contribution in [0.25, 0.3) is 33.2 Å². The molecule has 7 nitrogen and oxygen atoms in total. The van der Waals surface area contributed by atoms with Gasteiger partial charge in [0.05, 0.1) is 28.2 Å². The van der Waals surface area contributed by atoms with Crippen LogP contribution in [-0.2, 0) is 12.7 Å². The van der Waals surface area contributed by atoms with Crippen molar-refractivity contribution in [3.63, 3.8) is 0 Å². The van der Waals surface area contributed by atoms with Crippen molar-refractivity contribution in [2.24, 2.45) is 5.10 Å². The van der Waals surface area contributed by atoms with Crippen LogP contribution in [0.1, 0.15) is 27.0 Å². The molecule has 42 heavy (non-hydrogen) atoms. The second-order valence-electron chi connectivity index (χ2n) is 9.63. The van der Waals surface area contributed by atoms with E-state index in [1.165, 1.54) is 24.4 Å². The molecule has 0 saturated carbocycles. The van der Waals surface area contributed by atoms with Crippen LogP contribution in [0.2, 0.25) is 0 Å². The molecule has 6 aromatic rings. The lowest BCUT2D eigenvalue weighted by molar-refractivity contribution is -0.137. The van der Waals surface area contributed by atoms with Gasteiger partial charge in [-0.1, -0.05) is 54.6 Å². The van der Waals surface area contributed by atoms with Crippen molar-refractivity contribution < 1.29 is 23.1 Å². The second kappa shape index (κ2) is 10.5. The van der Waals surface area contributed by atoms with Gasteiger partial charge in [0.15, 0.2) is 5.82 Å². The van der Waals surface area contributed by atoms with E-state index >= 15 is 0 Å². The number of carboxylic acid groups (broad SMARTS) is 1. The van der Waals surface area contributed by atoms with Crippen molar-refractivity contribution in [2.45, 2.75) is 12.7 Å². The standard InChI is InChI=1S/C32H21F3N4O3/c33-32(34,35)24-10-6-8-21(16-24)29-37-27-13-3-1-12-26(27)30(40)39(29)36-17-23-19-38(28-14-4-2-11-25(23)28)18-20-7-5-9-22(15-20)31(41)42/h1-17,19H,18H2,(H,41,42). The predicted octanol–water partition coefficient (Wildman–Crippen LogP) is 6.67. The van der Waals surface area contributed by atoms with Gasteiger partial charge in [-0.3, -0.25) is 4.79 Å². The van der Waals surface area contributed by atoms with Crippen LogP contribution in [0.5, 0.6) is 0 Å². The SMILES string of the molecule is O=C(O)c1cccc(Cn2cc(C=Nn3c(-c4cccc(C(F)(F)F)c4)nc4ccccc4c3=O)c3ccccc32)c1. The number of halogens is 3. The van der Waals surface area contributed by atoms with Crippen molar-refractivity contribution in [3.8, 4) is 11.4 Å². The van der Waals surface area contributed by atoms with Crippen LogP contribution in [0.15, 0.2) is 113 Å². The highest BCUT2D eigenvalue weighted by molar-refractivity contribution is 5.99. The summed E-state index contributed by atoms with van der Waals surface area (Å²) in [5.41, 5.74) is 1.48. The number of hydrogen-bond donors (Lipinski definition) is 1. The van der Waals surface area contributed by atoms with Crippen LogP contribution in [-0.4, -0.2) is 31.5 Å². The molecule has 0 aliphatic heterocycles. The van der Waals surface area contributed by atoms with Crippen LogP contribution in [0.4, 0.5) is 13.2 Å². The molecule has 2 heterocycles. The molecule has 1 N–H and O–H groups in total. The molecule has 0 aliphatic rings. The highest BCUT2D eigenvalue weighted by Crippen LogP contribution is 2.32. The maximum atomic E-state index is 13.6. The second-order valence-corrected chi connectivity index (χ2v) is 9.63. The fourth-order valence-electron chi connectivity index (χ4n) is 4.88. The third-order valence-corrected chi connectivity index (χ3v) is 6.86. The first-order valence-corrected chi connectivity index (χ1v) is 12.8. The summed E-state index contributed by atoms with van der Waals surface area (Å²) in [6.07, 6.45) is -1.28. The Balaban J connectivity index is 1.48. The number of aromatic carboxylic acids is 1. The van der Waals surface area contributed by atoms with Gasteiger partial charge < -0.3 is 9.67 Å². The van der Waals surface area contributed by atoms with E-state index in [1.54, 1.807) is 36.4 Å². The van der Waals surface area contributed by atoms with Crippen LogP contribution >= 0.6 is 0 Å². The third kappa shape index (κ3) is 5.05. The highest BCUT2D eigenvalue weighted by atomic mass is 19.4. The Labute approximate surface area is 236 Å². The number of aromatic nitrogens is 3. The average Bonchev–Trinajstić information content (AvgIpc) is 3.33. The first-order chi connectivity index (χ1) is 20.2. The Bertz CT molecular complexity index is 2080. The van der Waals surface area contributed by atoms with E-state index in [0.717, 1.165) is 33.3 Å². The summed E-state index contributed by atoms with van der Waals surface area (Å²) in [5.74, 6) is -1.05. The van der Waals surface area contributed by atoms with Crippen molar-refractivity contribution in [3.05, 3.63) is 136 Å². The zero-order valence-corrected chi connectivity index (χ0v) is 21.8. The summed E-state index contributed by atoms with van der Waals surface area (Å²) in [4.78, 5) is 29.5. The van der Waals surface area contributed by atoms with Crippen LogP contribution < -0.4 is 5.56 Å². The van der Waals surface area contributed by atoms with Gasteiger partial charge in [-0.25, -0.2) is 9.78 Å². The molecule has 0 fully saturated rings. The number of alkyl halides is 3. The topological polar surface area (TPSA) is 89.5 Å². The minimum atomic E-state index is -4.58.